The standard InChI is InChI=1S/C9H18O4/c1-7(2)9(10)13-6-8(12-4)5-11-3/h8-10H,1,5-6H2,2-4H3. The van der Waals surface area contributed by atoms with E-state index in [9.17, 15) is 5.11 Å². The normalized spacial score (nSPS) is 15.4. The SMILES string of the molecule is C=C(C)C(O)OCC(COC)OC. The Balaban J connectivity index is 3.64. The highest BCUT2D eigenvalue weighted by Gasteiger charge is 2.11. The van der Waals surface area contributed by atoms with Crippen molar-refractivity contribution in [1.29, 1.82) is 0 Å². The van der Waals surface area contributed by atoms with E-state index in [2.05, 4.69) is 6.58 Å². The third kappa shape index (κ3) is 5.76. The summed E-state index contributed by atoms with van der Waals surface area (Å²) in [6.45, 7) is 5.99. The van der Waals surface area contributed by atoms with Gasteiger partial charge in [0.2, 0.25) is 0 Å². The second-order valence-corrected chi connectivity index (χ2v) is 2.85. The molecule has 4 heteroatoms. The van der Waals surface area contributed by atoms with Crippen molar-refractivity contribution < 1.29 is 19.3 Å². The summed E-state index contributed by atoms with van der Waals surface area (Å²) in [5.41, 5.74) is 0.576. The molecule has 0 bridgehead atoms. The lowest BCUT2D eigenvalue weighted by Crippen LogP contribution is -2.27. The van der Waals surface area contributed by atoms with Crippen molar-refractivity contribution >= 4 is 0 Å². The lowest BCUT2D eigenvalue weighted by molar-refractivity contribution is -0.114. The van der Waals surface area contributed by atoms with Gasteiger partial charge >= 0.3 is 0 Å². The predicted octanol–water partition coefficient (Wildman–Crippen LogP) is 0.559. The second-order valence-electron chi connectivity index (χ2n) is 2.85. The summed E-state index contributed by atoms with van der Waals surface area (Å²) in [7, 11) is 3.15. The largest absolute Gasteiger partial charge is 0.382 e. The van der Waals surface area contributed by atoms with E-state index in [-0.39, 0.29) is 6.10 Å². The molecular weight excluding hydrogens is 172 g/mol. The monoisotopic (exact) mass is 190 g/mol. The Hall–Kier alpha value is -0.420. The van der Waals surface area contributed by atoms with Crippen LogP contribution in [0.15, 0.2) is 12.2 Å². The number of aliphatic hydroxyl groups excluding tert-OH is 1. The third-order valence-corrected chi connectivity index (χ3v) is 1.55. The molecule has 0 aromatic carbocycles. The molecule has 2 atom stereocenters. The van der Waals surface area contributed by atoms with Crippen LogP contribution in [0.2, 0.25) is 0 Å². The van der Waals surface area contributed by atoms with Crippen LogP contribution in [0.25, 0.3) is 0 Å². The molecule has 0 aromatic heterocycles. The molecule has 0 radical (unpaired) electrons. The molecule has 0 spiro atoms. The highest BCUT2D eigenvalue weighted by Crippen LogP contribution is 2.01. The van der Waals surface area contributed by atoms with Crippen molar-refractivity contribution in [2.24, 2.45) is 0 Å². The van der Waals surface area contributed by atoms with E-state index in [0.29, 0.717) is 18.8 Å². The molecule has 0 fully saturated rings. The van der Waals surface area contributed by atoms with E-state index in [1.807, 2.05) is 0 Å². The van der Waals surface area contributed by atoms with E-state index in [0.717, 1.165) is 0 Å². The Morgan fingerprint density at radius 3 is 2.38 bits per heavy atom. The summed E-state index contributed by atoms with van der Waals surface area (Å²) < 4.78 is 15.0. The van der Waals surface area contributed by atoms with Crippen molar-refractivity contribution in [1.82, 2.24) is 0 Å². The van der Waals surface area contributed by atoms with Gasteiger partial charge in [-0.25, -0.2) is 0 Å². The number of ether oxygens (including phenoxy) is 3. The van der Waals surface area contributed by atoms with Crippen LogP contribution in [0, 0.1) is 0 Å². The fraction of sp³-hybridized carbons (Fsp3) is 0.778. The smallest absolute Gasteiger partial charge is 0.176 e. The lowest BCUT2D eigenvalue weighted by Gasteiger charge is -2.17. The topological polar surface area (TPSA) is 47.9 Å². The molecule has 0 rings (SSSR count). The van der Waals surface area contributed by atoms with Gasteiger partial charge in [-0.3, -0.25) is 0 Å². The van der Waals surface area contributed by atoms with Crippen LogP contribution in [0.5, 0.6) is 0 Å². The van der Waals surface area contributed by atoms with Crippen molar-refractivity contribution in [3.63, 3.8) is 0 Å². The minimum absolute atomic E-state index is 0.154. The highest BCUT2D eigenvalue weighted by atomic mass is 16.6. The van der Waals surface area contributed by atoms with Gasteiger partial charge < -0.3 is 19.3 Å². The Kier molecular flexibility index (Phi) is 6.80. The van der Waals surface area contributed by atoms with Crippen LogP contribution >= 0.6 is 0 Å². The third-order valence-electron chi connectivity index (χ3n) is 1.55. The number of hydrogen-bond acceptors (Lipinski definition) is 4. The molecular formula is C9H18O4. The van der Waals surface area contributed by atoms with Crippen LogP contribution < -0.4 is 0 Å². The lowest BCUT2D eigenvalue weighted by atomic mass is 10.3. The van der Waals surface area contributed by atoms with Gasteiger partial charge in [0, 0.05) is 14.2 Å². The molecule has 0 saturated carbocycles. The van der Waals surface area contributed by atoms with Gasteiger partial charge in [-0.05, 0) is 12.5 Å². The Morgan fingerprint density at radius 1 is 1.38 bits per heavy atom. The quantitative estimate of drug-likeness (QED) is 0.470. The van der Waals surface area contributed by atoms with Crippen LogP contribution in [-0.2, 0) is 14.2 Å². The fourth-order valence-corrected chi connectivity index (χ4v) is 0.711. The number of hydrogen-bond donors (Lipinski definition) is 1. The predicted molar refractivity (Wildman–Crippen MR) is 49.4 cm³/mol. The maximum atomic E-state index is 9.22. The van der Waals surface area contributed by atoms with Crippen molar-refractivity contribution in [3.05, 3.63) is 12.2 Å². The summed E-state index contributed by atoms with van der Waals surface area (Å²) in [4.78, 5) is 0. The molecule has 0 saturated heterocycles. The van der Waals surface area contributed by atoms with E-state index in [1.165, 1.54) is 0 Å². The maximum Gasteiger partial charge on any atom is 0.176 e. The maximum absolute atomic E-state index is 9.22. The van der Waals surface area contributed by atoms with Gasteiger partial charge in [0.25, 0.3) is 0 Å². The molecule has 4 nitrogen and oxygen atoms in total. The molecule has 0 amide bonds. The van der Waals surface area contributed by atoms with Crippen LogP contribution in [0.4, 0.5) is 0 Å². The van der Waals surface area contributed by atoms with Crippen molar-refractivity contribution in [2.75, 3.05) is 27.4 Å². The zero-order valence-electron chi connectivity index (χ0n) is 8.45. The highest BCUT2D eigenvalue weighted by molar-refractivity contribution is 4.91. The minimum Gasteiger partial charge on any atom is -0.382 e. The molecule has 0 heterocycles. The Bertz CT molecular complexity index is 147. The van der Waals surface area contributed by atoms with E-state index < -0.39 is 6.29 Å². The first-order chi connectivity index (χ1) is 6.11. The summed E-state index contributed by atoms with van der Waals surface area (Å²) in [6, 6.07) is 0. The van der Waals surface area contributed by atoms with Gasteiger partial charge in [-0.2, -0.15) is 0 Å². The summed E-state index contributed by atoms with van der Waals surface area (Å²) in [6.07, 6.45) is -1.08. The number of methoxy groups -OCH3 is 2. The van der Waals surface area contributed by atoms with Gasteiger partial charge in [0.1, 0.15) is 6.10 Å². The fourth-order valence-electron chi connectivity index (χ4n) is 0.711. The van der Waals surface area contributed by atoms with E-state index in [4.69, 9.17) is 14.2 Å². The summed E-state index contributed by atoms with van der Waals surface area (Å²) >= 11 is 0. The van der Waals surface area contributed by atoms with Crippen molar-refractivity contribution in [3.8, 4) is 0 Å². The van der Waals surface area contributed by atoms with Crippen LogP contribution in [0.1, 0.15) is 6.92 Å². The van der Waals surface area contributed by atoms with E-state index >= 15 is 0 Å². The first-order valence-corrected chi connectivity index (χ1v) is 4.08. The van der Waals surface area contributed by atoms with Crippen LogP contribution in [0.3, 0.4) is 0 Å². The molecule has 78 valence electrons. The number of rotatable bonds is 7. The zero-order chi connectivity index (χ0) is 10.3. The molecule has 0 aliphatic carbocycles. The van der Waals surface area contributed by atoms with Gasteiger partial charge in [-0.15, -0.1) is 0 Å². The average Bonchev–Trinajstić information content (AvgIpc) is 2.11. The number of aliphatic hydroxyl groups is 1. The minimum atomic E-state index is -0.922. The first-order valence-electron chi connectivity index (χ1n) is 4.08. The first kappa shape index (κ1) is 12.6. The van der Waals surface area contributed by atoms with Gasteiger partial charge in [0.15, 0.2) is 6.29 Å². The summed E-state index contributed by atoms with van der Waals surface area (Å²) in [5, 5.41) is 9.22. The zero-order valence-corrected chi connectivity index (χ0v) is 8.45. The van der Waals surface area contributed by atoms with Gasteiger partial charge in [-0.1, -0.05) is 6.58 Å². The molecule has 0 aliphatic heterocycles. The Morgan fingerprint density at radius 2 is 2.00 bits per heavy atom. The molecule has 1 N–H and O–H groups in total. The van der Waals surface area contributed by atoms with Crippen molar-refractivity contribution in [2.45, 2.75) is 19.3 Å². The second kappa shape index (κ2) is 7.03. The average molecular weight is 190 g/mol. The Labute approximate surface area is 79.1 Å². The van der Waals surface area contributed by atoms with Gasteiger partial charge in [0.05, 0.1) is 13.2 Å². The van der Waals surface area contributed by atoms with Crippen LogP contribution in [-0.4, -0.2) is 44.9 Å². The van der Waals surface area contributed by atoms with E-state index in [1.54, 1.807) is 21.1 Å². The molecule has 13 heavy (non-hydrogen) atoms. The molecule has 0 aliphatic rings. The molecule has 2 unspecified atom stereocenters. The molecule has 0 aromatic rings. The summed E-state index contributed by atoms with van der Waals surface area (Å²) in [5.74, 6) is 0.